The number of carbonyl (C=O) groups is 1. The molecule has 220 valence electrons. The van der Waals surface area contributed by atoms with Gasteiger partial charge < -0.3 is 15.8 Å². The molecular weight excluding hydrogens is 551 g/mol. The number of aromatic nitrogens is 6. The summed E-state index contributed by atoms with van der Waals surface area (Å²) in [5.74, 6) is -0.339. The average molecular weight is 583 g/mol. The molecule has 12 heteroatoms. The smallest absolute Gasteiger partial charge is 0.311 e. The highest BCUT2D eigenvalue weighted by atomic mass is 19.1. The fourth-order valence-electron chi connectivity index (χ4n) is 4.89. The van der Waals surface area contributed by atoms with Crippen LogP contribution in [-0.4, -0.2) is 35.3 Å². The topological polar surface area (TPSA) is 143 Å². The van der Waals surface area contributed by atoms with Gasteiger partial charge in [0, 0.05) is 30.6 Å². The van der Waals surface area contributed by atoms with Gasteiger partial charge in [0.1, 0.15) is 12.4 Å². The third-order valence-electron chi connectivity index (χ3n) is 7.25. The van der Waals surface area contributed by atoms with E-state index in [2.05, 4.69) is 25.4 Å². The number of hydrogen-bond acceptors (Lipinski definition) is 9. The van der Waals surface area contributed by atoms with Gasteiger partial charge in [-0.05, 0) is 68.7 Å². The molecule has 0 radical (unpaired) electrons. The third-order valence-corrected chi connectivity index (χ3v) is 7.25. The van der Waals surface area contributed by atoms with E-state index in [9.17, 15) is 9.59 Å². The number of anilines is 3. The first kappa shape index (κ1) is 28.0. The summed E-state index contributed by atoms with van der Waals surface area (Å²) in [5, 5.41) is 7.71. The zero-order valence-corrected chi connectivity index (χ0v) is 24.3. The Hall–Kier alpha value is -5.13. The molecule has 0 unspecified atom stereocenters. The molecule has 0 amide bonds. The fraction of sp³-hybridized carbons (Fsp3) is 0.290. The lowest BCUT2D eigenvalue weighted by atomic mass is 9.97. The molecule has 2 aromatic carbocycles. The summed E-state index contributed by atoms with van der Waals surface area (Å²) >= 11 is 0. The highest BCUT2D eigenvalue weighted by Crippen LogP contribution is 2.41. The van der Waals surface area contributed by atoms with Crippen LogP contribution in [0.25, 0.3) is 27.8 Å². The molecule has 0 aliphatic heterocycles. The van der Waals surface area contributed by atoms with E-state index in [1.165, 1.54) is 10.6 Å². The summed E-state index contributed by atoms with van der Waals surface area (Å²) in [6.45, 7) is 5.04. The van der Waals surface area contributed by atoms with Crippen LogP contribution >= 0.6 is 0 Å². The number of esters is 1. The van der Waals surface area contributed by atoms with Gasteiger partial charge in [-0.2, -0.15) is 20.1 Å². The van der Waals surface area contributed by atoms with Crippen molar-refractivity contribution >= 4 is 34.3 Å². The van der Waals surface area contributed by atoms with Crippen molar-refractivity contribution in [2.75, 3.05) is 11.1 Å². The number of nitrogens with one attached hydrogen (secondary N) is 1. The van der Waals surface area contributed by atoms with Crippen molar-refractivity contribution < 1.29 is 13.9 Å². The minimum Gasteiger partial charge on any atom is -0.460 e. The zero-order chi connectivity index (χ0) is 30.5. The van der Waals surface area contributed by atoms with E-state index in [-0.39, 0.29) is 29.7 Å². The standard InChI is InChI=1S/C31H31FN8O3/c1-31(2,3)28(42)43-16-22-21(26-36-29(33)38-30(37-26)35-20-14-34-39(4)15-20)6-5-7-24(22)40-11-10-18-12-19(17-8-9-17)13-23(32)25(18)27(40)41/h5-7,10-15,17H,8-9,16H2,1-4H3,(H3,33,35,36,37,38). The van der Waals surface area contributed by atoms with E-state index in [4.69, 9.17) is 10.5 Å². The maximum Gasteiger partial charge on any atom is 0.311 e. The number of carbonyl (C=O) groups excluding carboxylic acids is 1. The number of ether oxygens (including phenoxy) is 1. The summed E-state index contributed by atoms with van der Waals surface area (Å²) in [4.78, 5) is 39.7. The Kier molecular flexibility index (Phi) is 6.91. The van der Waals surface area contributed by atoms with Gasteiger partial charge in [-0.15, -0.1) is 0 Å². The van der Waals surface area contributed by atoms with Gasteiger partial charge >= 0.3 is 5.97 Å². The van der Waals surface area contributed by atoms with E-state index in [1.807, 2.05) is 6.07 Å². The molecule has 3 aromatic heterocycles. The van der Waals surface area contributed by atoms with Gasteiger partial charge in [0.25, 0.3) is 5.56 Å². The molecule has 3 N–H and O–H groups in total. The van der Waals surface area contributed by atoms with Crippen LogP contribution in [0, 0.1) is 11.2 Å². The van der Waals surface area contributed by atoms with E-state index in [1.54, 1.807) is 75.4 Å². The normalized spacial score (nSPS) is 13.3. The minimum absolute atomic E-state index is 0.0118. The SMILES string of the molecule is Cn1cc(Nc2nc(N)nc(-c3cccc(-n4ccc5cc(C6CC6)cc(F)c5c4=O)c3COC(=O)C(C)(C)C)n2)cn1. The molecule has 11 nitrogen and oxygen atoms in total. The number of pyridine rings is 1. The zero-order valence-electron chi connectivity index (χ0n) is 24.3. The van der Waals surface area contributed by atoms with Crippen LogP contribution in [0.1, 0.15) is 50.7 Å². The molecular formula is C31H31FN8O3. The highest BCUT2D eigenvalue weighted by Gasteiger charge is 2.27. The van der Waals surface area contributed by atoms with Crippen LogP contribution in [0.15, 0.2) is 59.8 Å². The second kappa shape index (κ2) is 10.6. The van der Waals surface area contributed by atoms with E-state index >= 15 is 4.39 Å². The summed E-state index contributed by atoms with van der Waals surface area (Å²) < 4.78 is 24.0. The van der Waals surface area contributed by atoms with Crippen LogP contribution in [0.3, 0.4) is 0 Å². The van der Waals surface area contributed by atoms with Crippen molar-refractivity contribution in [1.82, 2.24) is 29.3 Å². The number of rotatable bonds is 7. The lowest BCUT2D eigenvalue weighted by Crippen LogP contribution is -2.24. The maximum atomic E-state index is 15.4. The second-order valence-corrected chi connectivity index (χ2v) is 11.7. The third kappa shape index (κ3) is 5.68. The van der Waals surface area contributed by atoms with Crippen molar-refractivity contribution in [1.29, 1.82) is 0 Å². The number of hydrogen-bond donors (Lipinski definition) is 2. The van der Waals surface area contributed by atoms with Gasteiger partial charge in [-0.1, -0.05) is 18.2 Å². The van der Waals surface area contributed by atoms with Crippen LogP contribution in [0.5, 0.6) is 0 Å². The van der Waals surface area contributed by atoms with Gasteiger partial charge in [0.05, 0.1) is 28.4 Å². The number of halogens is 1. The summed E-state index contributed by atoms with van der Waals surface area (Å²) in [5.41, 5.74) is 7.59. The Morgan fingerprint density at radius 1 is 1.16 bits per heavy atom. The second-order valence-electron chi connectivity index (χ2n) is 11.7. The van der Waals surface area contributed by atoms with E-state index in [0.29, 0.717) is 33.8 Å². The van der Waals surface area contributed by atoms with Crippen LogP contribution in [0.4, 0.5) is 22.0 Å². The van der Waals surface area contributed by atoms with Crippen molar-refractivity contribution in [2.24, 2.45) is 12.5 Å². The van der Waals surface area contributed by atoms with Crippen LogP contribution in [-0.2, 0) is 23.2 Å². The first-order valence-corrected chi connectivity index (χ1v) is 13.9. The molecule has 0 bridgehead atoms. The Morgan fingerprint density at radius 2 is 1.95 bits per heavy atom. The van der Waals surface area contributed by atoms with E-state index in [0.717, 1.165) is 18.4 Å². The Labute approximate surface area is 246 Å². The summed E-state index contributed by atoms with van der Waals surface area (Å²) in [7, 11) is 1.78. The van der Waals surface area contributed by atoms with E-state index < -0.39 is 22.8 Å². The van der Waals surface area contributed by atoms with Crippen LogP contribution in [0.2, 0.25) is 0 Å². The monoisotopic (exact) mass is 582 g/mol. The number of nitrogens with two attached hydrogens (primary N) is 1. The van der Waals surface area contributed by atoms with Crippen molar-refractivity contribution in [3.05, 3.63) is 82.3 Å². The van der Waals surface area contributed by atoms with Gasteiger partial charge in [0.2, 0.25) is 11.9 Å². The molecule has 6 rings (SSSR count). The summed E-state index contributed by atoms with van der Waals surface area (Å²) in [6, 6.07) is 10.2. The Morgan fingerprint density at radius 3 is 2.65 bits per heavy atom. The fourth-order valence-corrected chi connectivity index (χ4v) is 4.89. The average Bonchev–Trinajstić information content (AvgIpc) is 3.72. The Bertz CT molecular complexity index is 1940. The summed E-state index contributed by atoms with van der Waals surface area (Å²) in [6.07, 6.45) is 7.00. The Balaban J connectivity index is 1.49. The van der Waals surface area contributed by atoms with Crippen molar-refractivity contribution in [3.8, 4) is 17.1 Å². The lowest BCUT2D eigenvalue weighted by Gasteiger charge is -2.20. The highest BCUT2D eigenvalue weighted by molar-refractivity contribution is 5.84. The number of fused-ring (bicyclic) bond motifs is 1. The predicted octanol–water partition coefficient (Wildman–Crippen LogP) is 5.01. The molecule has 43 heavy (non-hydrogen) atoms. The minimum atomic E-state index is -0.768. The molecule has 1 aliphatic carbocycles. The molecule has 0 atom stereocenters. The number of benzene rings is 2. The van der Waals surface area contributed by atoms with Crippen molar-refractivity contribution in [3.63, 3.8) is 0 Å². The first-order valence-electron chi connectivity index (χ1n) is 13.9. The van der Waals surface area contributed by atoms with Gasteiger partial charge in [0.15, 0.2) is 5.82 Å². The van der Waals surface area contributed by atoms with Crippen LogP contribution < -0.4 is 16.6 Å². The van der Waals surface area contributed by atoms with Crippen molar-refractivity contribution in [2.45, 2.75) is 46.1 Å². The molecule has 3 heterocycles. The maximum absolute atomic E-state index is 15.4. The molecule has 1 saturated carbocycles. The predicted molar refractivity (Wildman–Crippen MR) is 160 cm³/mol. The molecule has 1 aliphatic rings. The molecule has 0 spiro atoms. The number of nitrogens with zero attached hydrogens (tertiary/aromatic N) is 6. The first-order chi connectivity index (χ1) is 20.5. The molecule has 5 aromatic rings. The number of aryl methyl sites for hydroxylation is 1. The quantitative estimate of drug-likeness (QED) is 0.253. The largest absolute Gasteiger partial charge is 0.460 e. The van der Waals surface area contributed by atoms with Gasteiger partial charge in [-0.25, -0.2) is 4.39 Å². The van der Waals surface area contributed by atoms with Gasteiger partial charge in [-0.3, -0.25) is 18.8 Å². The molecule has 1 fully saturated rings. The number of nitrogen functional groups attached to an aromatic ring is 1. The lowest BCUT2D eigenvalue weighted by molar-refractivity contribution is -0.154. The molecule has 0 saturated heterocycles.